The molecule has 1 aromatic carbocycles. The smallest absolute Gasteiger partial charge is 0.123 e. The van der Waals surface area contributed by atoms with Gasteiger partial charge in [-0.05, 0) is 49.3 Å². The van der Waals surface area contributed by atoms with Crippen LogP contribution < -0.4 is 4.90 Å². The highest BCUT2D eigenvalue weighted by molar-refractivity contribution is 5.55. The monoisotopic (exact) mass is 279 g/mol. The first-order chi connectivity index (χ1) is 9.29. The molecule has 1 N–H and O–H groups in total. The predicted molar refractivity (Wildman–Crippen MR) is 81.4 cm³/mol. The first kappa shape index (κ1) is 15.3. The van der Waals surface area contributed by atoms with Gasteiger partial charge >= 0.3 is 0 Å². The largest absolute Gasteiger partial charge is 0.389 e. The lowest BCUT2D eigenvalue weighted by Gasteiger charge is -2.40. The van der Waals surface area contributed by atoms with E-state index in [1.807, 2.05) is 0 Å². The number of aliphatic hydroxyl groups excluding tert-OH is 1. The van der Waals surface area contributed by atoms with Gasteiger partial charge in [0.25, 0.3) is 0 Å². The molecule has 0 spiro atoms. The van der Waals surface area contributed by atoms with Gasteiger partial charge in [-0.25, -0.2) is 4.39 Å². The normalized spacial score (nSPS) is 19.2. The maximum atomic E-state index is 13.4. The van der Waals surface area contributed by atoms with Crippen LogP contribution in [-0.4, -0.2) is 18.2 Å². The van der Waals surface area contributed by atoms with Crippen molar-refractivity contribution in [2.75, 3.05) is 18.0 Å². The van der Waals surface area contributed by atoms with Gasteiger partial charge in [0.1, 0.15) is 5.82 Å². The summed E-state index contributed by atoms with van der Waals surface area (Å²) >= 11 is 0. The van der Waals surface area contributed by atoms with E-state index >= 15 is 0 Å². The summed E-state index contributed by atoms with van der Waals surface area (Å²) in [6.45, 7) is 10.5. The Hall–Kier alpha value is -1.09. The van der Waals surface area contributed by atoms with Crippen LogP contribution in [0.4, 0.5) is 10.1 Å². The van der Waals surface area contributed by atoms with E-state index < -0.39 is 6.10 Å². The highest BCUT2D eigenvalue weighted by Gasteiger charge is 2.29. The average molecular weight is 279 g/mol. The van der Waals surface area contributed by atoms with Crippen LogP contribution in [-0.2, 0) is 0 Å². The first-order valence-electron chi connectivity index (χ1n) is 7.51. The van der Waals surface area contributed by atoms with Crippen LogP contribution in [0.2, 0.25) is 0 Å². The molecule has 1 aliphatic heterocycles. The van der Waals surface area contributed by atoms with Crippen molar-refractivity contribution in [3.63, 3.8) is 0 Å². The summed E-state index contributed by atoms with van der Waals surface area (Å²) in [6.07, 6.45) is 1.67. The molecule has 1 aliphatic rings. The molecule has 2 nitrogen and oxygen atoms in total. The van der Waals surface area contributed by atoms with Crippen molar-refractivity contribution in [2.45, 2.75) is 46.6 Å². The number of rotatable bonds is 2. The van der Waals surface area contributed by atoms with Crippen molar-refractivity contribution in [3.05, 3.63) is 29.6 Å². The van der Waals surface area contributed by atoms with Gasteiger partial charge in [-0.3, -0.25) is 0 Å². The lowest BCUT2D eigenvalue weighted by atomic mass is 9.75. The molecule has 0 aromatic heterocycles. The summed E-state index contributed by atoms with van der Waals surface area (Å²) in [4.78, 5) is 2.28. The van der Waals surface area contributed by atoms with Gasteiger partial charge < -0.3 is 10.0 Å². The first-order valence-corrected chi connectivity index (χ1v) is 7.51. The number of anilines is 1. The Labute approximate surface area is 121 Å². The molecule has 0 aliphatic carbocycles. The van der Waals surface area contributed by atoms with Crippen LogP contribution in [0.15, 0.2) is 18.2 Å². The third kappa shape index (κ3) is 3.32. The molecule has 1 fully saturated rings. The third-order valence-corrected chi connectivity index (χ3v) is 4.50. The Balaban J connectivity index is 2.15. The van der Waals surface area contributed by atoms with E-state index in [0.29, 0.717) is 11.0 Å². The Kier molecular flexibility index (Phi) is 4.38. The Morgan fingerprint density at radius 3 is 2.35 bits per heavy atom. The zero-order chi connectivity index (χ0) is 14.9. The van der Waals surface area contributed by atoms with Gasteiger partial charge in [0.2, 0.25) is 0 Å². The van der Waals surface area contributed by atoms with Crippen LogP contribution in [0, 0.1) is 17.2 Å². The maximum absolute atomic E-state index is 13.4. The van der Waals surface area contributed by atoms with Crippen LogP contribution in [0.3, 0.4) is 0 Å². The van der Waals surface area contributed by atoms with Crippen molar-refractivity contribution in [1.82, 2.24) is 0 Å². The van der Waals surface area contributed by atoms with E-state index in [2.05, 4.69) is 25.7 Å². The zero-order valence-electron chi connectivity index (χ0n) is 13.0. The standard InChI is InChI=1S/C17H26FNO/c1-12(20)15-11-14(18)5-6-16(15)19-9-7-13(8-10-19)17(2,3)4/h5-6,11-13,20H,7-10H2,1-4H3/t12-/m1/s1. The number of halogens is 1. The summed E-state index contributed by atoms with van der Waals surface area (Å²) in [5.74, 6) is 0.448. The molecule has 1 heterocycles. The fourth-order valence-electron chi connectivity index (χ4n) is 3.13. The fraction of sp³-hybridized carbons (Fsp3) is 0.647. The van der Waals surface area contributed by atoms with Crippen LogP contribution in [0.25, 0.3) is 0 Å². The average Bonchev–Trinajstić information content (AvgIpc) is 2.37. The van der Waals surface area contributed by atoms with Gasteiger partial charge in [0.05, 0.1) is 6.10 Å². The topological polar surface area (TPSA) is 23.5 Å². The summed E-state index contributed by atoms with van der Waals surface area (Å²) in [5.41, 5.74) is 2.02. The lowest BCUT2D eigenvalue weighted by Crippen LogP contribution is -2.38. The van der Waals surface area contributed by atoms with Gasteiger partial charge in [-0.1, -0.05) is 20.8 Å². The number of piperidine rings is 1. The van der Waals surface area contributed by atoms with E-state index in [4.69, 9.17) is 0 Å². The molecule has 0 bridgehead atoms. The van der Waals surface area contributed by atoms with Gasteiger partial charge in [0, 0.05) is 24.3 Å². The summed E-state index contributed by atoms with van der Waals surface area (Å²) in [7, 11) is 0. The van der Waals surface area contributed by atoms with E-state index in [-0.39, 0.29) is 5.82 Å². The van der Waals surface area contributed by atoms with E-state index in [0.717, 1.165) is 37.5 Å². The second kappa shape index (κ2) is 5.72. The van der Waals surface area contributed by atoms with Gasteiger partial charge in [-0.15, -0.1) is 0 Å². The summed E-state index contributed by atoms with van der Waals surface area (Å²) in [5, 5.41) is 9.85. The van der Waals surface area contributed by atoms with Crippen molar-refractivity contribution in [2.24, 2.45) is 11.3 Å². The van der Waals surface area contributed by atoms with Gasteiger partial charge in [-0.2, -0.15) is 0 Å². The molecule has 1 atom stereocenters. The number of aliphatic hydroxyl groups is 1. The number of benzene rings is 1. The second-order valence-electron chi connectivity index (χ2n) is 7.01. The fourth-order valence-corrected chi connectivity index (χ4v) is 3.13. The molecule has 20 heavy (non-hydrogen) atoms. The molecule has 0 amide bonds. The minimum atomic E-state index is -0.638. The highest BCUT2D eigenvalue weighted by Crippen LogP contribution is 2.37. The summed E-state index contributed by atoms with van der Waals surface area (Å²) < 4.78 is 13.4. The highest BCUT2D eigenvalue weighted by atomic mass is 19.1. The van der Waals surface area contributed by atoms with Crippen molar-refractivity contribution < 1.29 is 9.50 Å². The van der Waals surface area contributed by atoms with E-state index in [1.165, 1.54) is 12.1 Å². The Morgan fingerprint density at radius 2 is 1.85 bits per heavy atom. The lowest BCUT2D eigenvalue weighted by molar-refractivity contribution is 0.193. The van der Waals surface area contributed by atoms with Crippen molar-refractivity contribution >= 4 is 5.69 Å². The predicted octanol–water partition coefficient (Wildman–Crippen LogP) is 4.14. The quantitative estimate of drug-likeness (QED) is 0.879. The number of nitrogens with zero attached hydrogens (tertiary/aromatic N) is 1. The zero-order valence-corrected chi connectivity index (χ0v) is 13.0. The SMILES string of the molecule is C[C@@H](O)c1cc(F)ccc1N1CCC(C(C)(C)C)CC1. The van der Waals surface area contributed by atoms with Crippen LogP contribution in [0.1, 0.15) is 52.2 Å². The molecule has 112 valence electrons. The molecule has 0 saturated carbocycles. The maximum Gasteiger partial charge on any atom is 0.123 e. The minimum Gasteiger partial charge on any atom is -0.389 e. The summed E-state index contributed by atoms with van der Waals surface area (Å²) in [6, 6.07) is 4.74. The molecule has 0 unspecified atom stereocenters. The van der Waals surface area contributed by atoms with Crippen molar-refractivity contribution in [1.29, 1.82) is 0 Å². The number of hydrogen-bond donors (Lipinski definition) is 1. The molecule has 1 saturated heterocycles. The Morgan fingerprint density at radius 1 is 1.25 bits per heavy atom. The molecule has 1 aromatic rings. The van der Waals surface area contributed by atoms with Gasteiger partial charge in [0.15, 0.2) is 0 Å². The van der Waals surface area contributed by atoms with E-state index in [1.54, 1.807) is 13.0 Å². The second-order valence-corrected chi connectivity index (χ2v) is 7.01. The molecule has 3 heteroatoms. The van der Waals surface area contributed by atoms with Crippen LogP contribution in [0.5, 0.6) is 0 Å². The molecule has 0 radical (unpaired) electrons. The van der Waals surface area contributed by atoms with Crippen LogP contribution >= 0.6 is 0 Å². The minimum absolute atomic E-state index is 0.283. The molecule has 2 rings (SSSR count). The Bertz CT molecular complexity index is 457. The number of hydrogen-bond acceptors (Lipinski definition) is 2. The van der Waals surface area contributed by atoms with Crippen molar-refractivity contribution in [3.8, 4) is 0 Å². The molecular formula is C17H26FNO. The molecular weight excluding hydrogens is 253 g/mol. The van der Waals surface area contributed by atoms with E-state index in [9.17, 15) is 9.50 Å². The third-order valence-electron chi connectivity index (χ3n) is 4.50.